The van der Waals surface area contributed by atoms with Gasteiger partial charge in [-0.05, 0) is 61.0 Å². The molecular formula is C29H36O6. The van der Waals surface area contributed by atoms with Gasteiger partial charge in [-0.15, -0.1) is 0 Å². The Balaban J connectivity index is 1.49. The standard InChI is InChI=1S/C29H36O6/c1-19-9-13-24-28(2,16-15-25(31)29(24,3)18-30)22(19)12-11-21-23(17-34-27(21)33)35-26(32)14-10-20-7-5-4-6-8-20/h4-8,10-11,14,22-25,30-31H,1,9,12-13,15-18H2,2-3H3/b14-10+,21-11+/t22-,23+,24?,25+,28+,29-/m0/s1. The Morgan fingerprint density at radius 3 is 2.71 bits per heavy atom. The average Bonchev–Trinajstić information content (AvgIpc) is 3.19. The van der Waals surface area contributed by atoms with Crippen LogP contribution in [0.5, 0.6) is 0 Å². The number of hydrogen-bond acceptors (Lipinski definition) is 6. The van der Waals surface area contributed by atoms with Gasteiger partial charge < -0.3 is 19.7 Å². The number of carbonyl (C=O) groups excluding carboxylic acids is 2. The fourth-order valence-electron chi connectivity index (χ4n) is 6.56. The first-order valence-electron chi connectivity index (χ1n) is 12.5. The van der Waals surface area contributed by atoms with Crippen molar-refractivity contribution in [1.29, 1.82) is 0 Å². The van der Waals surface area contributed by atoms with Gasteiger partial charge in [-0.3, -0.25) is 0 Å². The minimum Gasteiger partial charge on any atom is -0.458 e. The van der Waals surface area contributed by atoms with Crippen molar-refractivity contribution in [3.05, 3.63) is 65.8 Å². The normalized spacial score (nSPS) is 36.3. The van der Waals surface area contributed by atoms with Crippen molar-refractivity contribution in [2.75, 3.05) is 13.2 Å². The molecule has 188 valence electrons. The molecule has 1 aromatic carbocycles. The molecule has 0 radical (unpaired) electrons. The molecule has 2 aliphatic carbocycles. The lowest BCUT2D eigenvalue weighted by molar-refractivity contribution is -0.151. The first kappa shape index (κ1) is 25.4. The fourth-order valence-corrected chi connectivity index (χ4v) is 6.56. The summed E-state index contributed by atoms with van der Waals surface area (Å²) in [5, 5.41) is 20.9. The van der Waals surface area contributed by atoms with Crippen molar-refractivity contribution in [3.63, 3.8) is 0 Å². The van der Waals surface area contributed by atoms with E-state index >= 15 is 0 Å². The maximum absolute atomic E-state index is 12.5. The van der Waals surface area contributed by atoms with Gasteiger partial charge in [-0.25, -0.2) is 9.59 Å². The summed E-state index contributed by atoms with van der Waals surface area (Å²) in [5.41, 5.74) is 1.66. The van der Waals surface area contributed by atoms with Gasteiger partial charge in [0.15, 0.2) is 6.10 Å². The van der Waals surface area contributed by atoms with Crippen LogP contribution in [-0.2, 0) is 19.1 Å². The van der Waals surface area contributed by atoms with Crippen molar-refractivity contribution in [2.45, 2.75) is 58.2 Å². The van der Waals surface area contributed by atoms with Crippen molar-refractivity contribution < 1.29 is 29.3 Å². The van der Waals surface area contributed by atoms with Crippen LogP contribution in [0.3, 0.4) is 0 Å². The smallest absolute Gasteiger partial charge is 0.337 e. The average molecular weight is 481 g/mol. The number of rotatable bonds is 6. The predicted octanol–water partition coefficient (Wildman–Crippen LogP) is 4.23. The highest BCUT2D eigenvalue weighted by molar-refractivity contribution is 5.93. The molecule has 1 aliphatic heterocycles. The third-order valence-corrected chi connectivity index (χ3v) is 8.69. The molecule has 3 aliphatic rings. The molecule has 3 fully saturated rings. The molecule has 0 bridgehead atoms. The van der Waals surface area contributed by atoms with Crippen LogP contribution in [0.1, 0.15) is 51.5 Å². The van der Waals surface area contributed by atoms with E-state index in [1.54, 1.807) is 6.08 Å². The van der Waals surface area contributed by atoms with Crippen LogP contribution in [0.25, 0.3) is 6.08 Å². The number of fused-ring (bicyclic) bond motifs is 1. The Kier molecular flexibility index (Phi) is 7.34. The Morgan fingerprint density at radius 1 is 1.26 bits per heavy atom. The lowest BCUT2D eigenvalue weighted by atomic mass is 9.46. The zero-order valence-electron chi connectivity index (χ0n) is 20.6. The lowest BCUT2D eigenvalue weighted by Gasteiger charge is -2.59. The molecule has 0 amide bonds. The van der Waals surface area contributed by atoms with Gasteiger partial charge in [-0.1, -0.05) is 62.4 Å². The fraction of sp³-hybridized carbons (Fsp3) is 0.517. The maximum Gasteiger partial charge on any atom is 0.337 e. The first-order chi connectivity index (χ1) is 16.7. The van der Waals surface area contributed by atoms with Gasteiger partial charge in [0, 0.05) is 11.5 Å². The van der Waals surface area contributed by atoms with Crippen LogP contribution in [-0.4, -0.2) is 47.6 Å². The number of cyclic esters (lactones) is 1. The molecule has 0 aromatic heterocycles. The lowest BCUT2D eigenvalue weighted by Crippen LogP contribution is -2.57. The van der Waals surface area contributed by atoms with Crippen LogP contribution in [0.15, 0.2) is 60.2 Å². The highest BCUT2D eigenvalue weighted by Crippen LogP contribution is 2.61. The minimum absolute atomic E-state index is 0.00979. The highest BCUT2D eigenvalue weighted by Gasteiger charge is 2.57. The Hall–Kier alpha value is -2.70. The number of esters is 2. The van der Waals surface area contributed by atoms with Crippen molar-refractivity contribution >= 4 is 18.0 Å². The van der Waals surface area contributed by atoms with E-state index in [1.165, 1.54) is 6.08 Å². The Labute approximate surface area is 207 Å². The molecule has 6 atom stereocenters. The second-order valence-electron chi connectivity index (χ2n) is 10.7. The third kappa shape index (κ3) is 4.87. The van der Waals surface area contributed by atoms with Crippen molar-refractivity contribution in [3.8, 4) is 0 Å². The quantitative estimate of drug-likeness (QED) is 0.360. The van der Waals surface area contributed by atoms with E-state index in [-0.39, 0.29) is 30.5 Å². The second-order valence-corrected chi connectivity index (χ2v) is 10.7. The van der Waals surface area contributed by atoms with Gasteiger partial charge in [0.25, 0.3) is 0 Å². The number of hydrogen-bond donors (Lipinski definition) is 2. The third-order valence-electron chi connectivity index (χ3n) is 8.69. The van der Waals surface area contributed by atoms with E-state index in [0.717, 1.165) is 30.4 Å². The van der Waals surface area contributed by atoms with Gasteiger partial charge in [0.2, 0.25) is 0 Å². The molecule has 1 saturated heterocycles. The monoisotopic (exact) mass is 480 g/mol. The summed E-state index contributed by atoms with van der Waals surface area (Å²) < 4.78 is 10.8. The van der Waals surface area contributed by atoms with Crippen LogP contribution in [0.2, 0.25) is 0 Å². The van der Waals surface area contributed by atoms with E-state index in [1.807, 2.05) is 43.3 Å². The van der Waals surface area contributed by atoms with Gasteiger partial charge >= 0.3 is 11.9 Å². The summed E-state index contributed by atoms with van der Waals surface area (Å²) in [6.45, 7) is 8.50. The Bertz CT molecular complexity index is 1030. The molecular weight excluding hydrogens is 444 g/mol. The van der Waals surface area contributed by atoms with Gasteiger partial charge in [-0.2, -0.15) is 0 Å². The summed E-state index contributed by atoms with van der Waals surface area (Å²) in [6, 6.07) is 9.44. The molecule has 6 heteroatoms. The zero-order valence-corrected chi connectivity index (χ0v) is 20.6. The number of benzene rings is 1. The van der Waals surface area contributed by atoms with E-state index in [9.17, 15) is 19.8 Å². The van der Waals surface area contributed by atoms with Crippen molar-refractivity contribution in [2.24, 2.45) is 22.7 Å². The first-order valence-corrected chi connectivity index (χ1v) is 12.5. The molecule has 2 saturated carbocycles. The summed E-state index contributed by atoms with van der Waals surface area (Å²) in [4.78, 5) is 24.9. The number of ether oxygens (including phenoxy) is 2. The molecule has 35 heavy (non-hydrogen) atoms. The molecule has 0 spiro atoms. The zero-order chi connectivity index (χ0) is 25.2. The Morgan fingerprint density at radius 2 is 2.00 bits per heavy atom. The van der Waals surface area contributed by atoms with E-state index in [2.05, 4.69) is 13.5 Å². The number of aliphatic hydroxyl groups excluding tert-OH is 2. The summed E-state index contributed by atoms with van der Waals surface area (Å²) in [5.74, 6) is -0.755. The number of aliphatic hydroxyl groups is 2. The van der Waals surface area contributed by atoms with Crippen LogP contribution < -0.4 is 0 Å². The van der Waals surface area contributed by atoms with Crippen LogP contribution in [0.4, 0.5) is 0 Å². The number of carbonyl (C=O) groups is 2. The predicted molar refractivity (Wildman–Crippen MR) is 133 cm³/mol. The molecule has 1 unspecified atom stereocenters. The highest BCUT2D eigenvalue weighted by atomic mass is 16.6. The minimum atomic E-state index is -0.744. The largest absolute Gasteiger partial charge is 0.458 e. The molecule has 1 aromatic rings. The van der Waals surface area contributed by atoms with Crippen molar-refractivity contribution in [1.82, 2.24) is 0 Å². The van der Waals surface area contributed by atoms with Gasteiger partial charge in [0.05, 0.1) is 18.3 Å². The molecule has 2 N–H and O–H groups in total. The summed E-state index contributed by atoms with van der Waals surface area (Å²) in [7, 11) is 0. The number of allylic oxidation sites excluding steroid dienone is 2. The summed E-state index contributed by atoms with van der Waals surface area (Å²) >= 11 is 0. The molecule has 1 heterocycles. The van der Waals surface area contributed by atoms with E-state index in [4.69, 9.17) is 9.47 Å². The van der Waals surface area contributed by atoms with Gasteiger partial charge in [0.1, 0.15) is 6.61 Å². The maximum atomic E-state index is 12.5. The second kappa shape index (κ2) is 10.1. The topological polar surface area (TPSA) is 93.1 Å². The van der Waals surface area contributed by atoms with E-state index in [0.29, 0.717) is 18.4 Å². The summed E-state index contributed by atoms with van der Waals surface area (Å²) in [6.07, 6.45) is 7.32. The molecule has 6 nitrogen and oxygen atoms in total. The SMILES string of the molecule is C=C1CCC2[C@](C)(CO)[C@H](O)CC[C@]2(C)[C@H]1C/C=C1/C(=O)OC[C@H]1OC(=O)/C=C/c1ccccc1. The molecule has 4 rings (SSSR count). The van der Waals surface area contributed by atoms with Crippen LogP contribution in [0, 0.1) is 22.7 Å². The van der Waals surface area contributed by atoms with Crippen LogP contribution >= 0.6 is 0 Å². The van der Waals surface area contributed by atoms with E-state index < -0.39 is 29.6 Å².